The van der Waals surface area contributed by atoms with Crippen molar-refractivity contribution in [3.05, 3.63) is 48.0 Å². The van der Waals surface area contributed by atoms with Crippen LogP contribution in [0.25, 0.3) is 0 Å². The van der Waals surface area contributed by atoms with Crippen LogP contribution >= 0.6 is 12.4 Å². The van der Waals surface area contributed by atoms with Crippen LogP contribution in [0.1, 0.15) is 11.3 Å². The third-order valence-corrected chi connectivity index (χ3v) is 1.97. The van der Waals surface area contributed by atoms with Crippen LogP contribution in [0.3, 0.4) is 0 Å². The fourth-order valence-corrected chi connectivity index (χ4v) is 1.16. The topological polar surface area (TPSA) is 37.9 Å². The molecule has 1 N–H and O–H groups in total. The summed E-state index contributed by atoms with van der Waals surface area (Å²) >= 11 is 0. The fourth-order valence-electron chi connectivity index (χ4n) is 1.16. The van der Waals surface area contributed by atoms with Crippen LogP contribution in [0, 0.1) is 6.92 Å². The number of benzene rings is 1. The lowest BCUT2D eigenvalue weighted by molar-refractivity contribution is 0.302. The Morgan fingerprint density at radius 2 is 2.00 bits per heavy atom. The maximum Gasteiger partial charge on any atom is 0.130 e. The van der Waals surface area contributed by atoms with E-state index in [1.165, 1.54) is 5.56 Å². The molecule has 4 heteroatoms. The zero-order valence-corrected chi connectivity index (χ0v) is 9.25. The highest BCUT2D eigenvalue weighted by Crippen LogP contribution is 2.12. The van der Waals surface area contributed by atoms with Crippen LogP contribution in [-0.4, -0.2) is 9.97 Å². The normalized spacial score (nSPS) is 9.40. The molecule has 1 heterocycles. The van der Waals surface area contributed by atoms with Crippen molar-refractivity contribution in [2.75, 3.05) is 0 Å². The number of hydrogen-bond donors (Lipinski definition) is 1. The van der Waals surface area contributed by atoms with Gasteiger partial charge in [0.25, 0.3) is 0 Å². The smallest absolute Gasteiger partial charge is 0.130 e. The lowest BCUT2D eigenvalue weighted by Crippen LogP contribution is -1.95. The first-order valence-electron chi connectivity index (χ1n) is 4.51. The van der Waals surface area contributed by atoms with E-state index in [1.54, 1.807) is 12.5 Å². The van der Waals surface area contributed by atoms with Gasteiger partial charge in [-0.05, 0) is 19.1 Å². The summed E-state index contributed by atoms with van der Waals surface area (Å²) in [5.74, 6) is 0.880. The molecule has 1 aromatic carbocycles. The number of nitrogens with zero attached hydrogens (tertiary/aromatic N) is 1. The van der Waals surface area contributed by atoms with E-state index in [2.05, 4.69) is 16.9 Å². The van der Waals surface area contributed by atoms with E-state index in [9.17, 15) is 0 Å². The highest BCUT2D eigenvalue weighted by Gasteiger charge is 1.95. The number of hydrogen-bond acceptors (Lipinski definition) is 2. The molecule has 80 valence electrons. The second kappa shape index (κ2) is 5.41. The SMILES string of the molecule is Cc1ccc(OCc2cnc[nH]2)cc1.Cl. The van der Waals surface area contributed by atoms with Gasteiger partial charge in [0.1, 0.15) is 12.4 Å². The van der Waals surface area contributed by atoms with Gasteiger partial charge in [-0.25, -0.2) is 4.98 Å². The monoisotopic (exact) mass is 224 g/mol. The maximum absolute atomic E-state index is 5.53. The van der Waals surface area contributed by atoms with Crippen molar-refractivity contribution in [1.82, 2.24) is 9.97 Å². The molecule has 0 saturated heterocycles. The van der Waals surface area contributed by atoms with Crippen molar-refractivity contribution in [1.29, 1.82) is 0 Å². The molecule has 2 aromatic rings. The number of halogens is 1. The maximum atomic E-state index is 5.53. The summed E-state index contributed by atoms with van der Waals surface area (Å²) in [5, 5.41) is 0. The minimum Gasteiger partial charge on any atom is -0.487 e. The summed E-state index contributed by atoms with van der Waals surface area (Å²) < 4.78 is 5.53. The van der Waals surface area contributed by atoms with E-state index < -0.39 is 0 Å². The highest BCUT2D eigenvalue weighted by atomic mass is 35.5. The number of H-pyrrole nitrogens is 1. The minimum atomic E-state index is 0. The molecule has 2 rings (SSSR count). The molecule has 0 fully saturated rings. The zero-order chi connectivity index (χ0) is 9.80. The Bertz CT molecular complexity index is 383. The van der Waals surface area contributed by atoms with E-state index >= 15 is 0 Å². The standard InChI is InChI=1S/C11H12N2O.ClH/c1-9-2-4-11(5-3-9)14-7-10-6-12-8-13-10;/h2-6,8H,7H2,1H3,(H,12,13);1H. The van der Waals surface area contributed by atoms with Gasteiger partial charge >= 0.3 is 0 Å². The number of ether oxygens (including phenoxy) is 1. The third kappa shape index (κ3) is 3.29. The molecule has 0 bridgehead atoms. The van der Waals surface area contributed by atoms with Gasteiger partial charge < -0.3 is 9.72 Å². The quantitative estimate of drug-likeness (QED) is 0.871. The first-order chi connectivity index (χ1) is 6.84. The van der Waals surface area contributed by atoms with Crippen LogP contribution < -0.4 is 4.74 Å². The van der Waals surface area contributed by atoms with Crippen molar-refractivity contribution >= 4 is 12.4 Å². The lowest BCUT2D eigenvalue weighted by Gasteiger charge is -2.04. The van der Waals surface area contributed by atoms with Crippen LogP contribution in [0.15, 0.2) is 36.8 Å². The van der Waals surface area contributed by atoms with Crippen molar-refractivity contribution in [3.63, 3.8) is 0 Å². The Kier molecular flexibility index (Phi) is 4.18. The molecule has 0 atom stereocenters. The molecule has 0 aliphatic heterocycles. The molecule has 0 saturated carbocycles. The summed E-state index contributed by atoms with van der Waals surface area (Å²) in [7, 11) is 0. The second-order valence-electron chi connectivity index (χ2n) is 3.18. The van der Waals surface area contributed by atoms with E-state index in [4.69, 9.17) is 4.74 Å². The Labute approximate surface area is 94.9 Å². The predicted octanol–water partition coefficient (Wildman–Crippen LogP) is 2.72. The van der Waals surface area contributed by atoms with E-state index in [-0.39, 0.29) is 12.4 Å². The number of rotatable bonds is 3. The van der Waals surface area contributed by atoms with Crippen molar-refractivity contribution in [2.45, 2.75) is 13.5 Å². The van der Waals surface area contributed by atoms with E-state index in [0.29, 0.717) is 6.61 Å². The fraction of sp³-hybridized carbons (Fsp3) is 0.182. The van der Waals surface area contributed by atoms with Gasteiger partial charge in [0, 0.05) is 0 Å². The summed E-state index contributed by atoms with van der Waals surface area (Å²) in [5.41, 5.74) is 2.21. The summed E-state index contributed by atoms with van der Waals surface area (Å²) in [4.78, 5) is 6.90. The van der Waals surface area contributed by atoms with Gasteiger partial charge in [-0.1, -0.05) is 17.7 Å². The zero-order valence-electron chi connectivity index (χ0n) is 8.43. The van der Waals surface area contributed by atoms with E-state index in [1.807, 2.05) is 24.3 Å². The molecule has 0 radical (unpaired) electrons. The number of imidazole rings is 1. The number of nitrogens with one attached hydrogen (secondary N) is 1. The number of aromatic nitrogens is 2. The predicted molar refractivity (Wildman–Crippen MR) is 61.3 cm³/mol. The third-order valence-electron chi connectivity index (χ3n) is 1.97. The van der Waals surface area contributed by atoms with Crippen molar-refractivity contribution < 1.29 is 4.74 Å². The Balaban J connectivity index is 0.00000112. The van der Waals surface area contributed by atoms with Crippen molar-refractivity contribution in [3.8, 4) is 5.75 Å². The molecule has 3 nitrogen and oxygen atoms in total. The number of aryl methyl sites for hydroxylation is 1. The summed E-state index contributed by atoms with van der Waals surface area (Å²) in [6.07, 6.45) is 3.40. The Hall–Kier alpha value is -1.48. The van der Waals surface area contributed by atoms with Gasteiger partial charge in [0.2, 0.25) is 0 Å². The molecule has 0 aliphatic carbocycles. The van der Waals surface area contributed by atoms with Gasteiger partial charge in [-0.2, -0.15) is 0 Å². The van der Waals surface area contributed by atoms with Crippen LogP contribution in [0.2, 0.25) is 0 Å². The molecular weight excluding hydrogens is 212 g/mol. The molecule has 0 amide bonds. The molecule has 15 heavy (non-hydrogen) atoms. The molecule has 0 spiro atoms. The van der Waals surface area contributed by atoms with Gasteiger partial charge in [0.15, 0.2) is 0 Å². The van der Waals surface area contributed by atoms with Crippen molar-refractivity contribution in [2.24, 2.45) is 0 Å². The van der Waals surface area contributed by atoms with Crippen LogP contribution in [0.4, 0.5) is 0 Å². The molecular formula is C11H13ClN2O. The van der Waals surface area contributed by atoms with Crippen LogP contribution in [-0.2, 0) is 6.61 Å². The Morgan fingerprint density at radius 1 is 1.27 bits per heavy atom. The van der Waals surface area contributed by atoms with Gasteiger partial charge in [-0.3, -0.25) is 0 Å². The first kappa shape index (κ1) is 11.6. The summed E-state index contributed by atoms with van der Waals surface area (Å²) in [6.45, 7) is 2.59. The minimum absolute atomic E-state index is 0. The molecule has 0 aliphatic rings. The lowest BCUT2D eigenvalue weighted by atomic mass is 10.2. The number of aromatic amines is 1. The molecule has 0 unspecified atom stereocenters. The molecule has 1 aromatic heterocycles. The summed E-state index contributed by atoms with van der Waals surface area (Å²) in [6, 6.07) is 7.99. The first-order valence-corrected chi connectivity index (χ1v) is 4.51. The largest absolute Gasteiger partial charge is 0.487 e. The Morgan fingerprint density at radius 3 is 2.60 bits per heavy atom. The van der Waals surface area contributed by atoms with Crippen LogP contribution in [0.5, 0.6) is 5.75 Å². The van der Waals surface area contributed by atoms with Gasteiger partial charge in [-0.15, -0.1) is 12.4 Å². The second-order valence-corrected chi connectivity index (χ2v) is 3.18. The van der Waals surface area contributed by atoms with E-state index in [0.717, 1.165) is 11.4 Å². The highest BCUT2D eigenvalue weighted by molar-refractivity contribution is 5.85. The van der Waals surface area contributed by atoms with Gasteiger partial charge in [0.05, 0.1) is 18.2 Å². The average molecular weight is 225 g/mol. The average Bonchev–Trinajstić information content (AvgIpc) is 2.70.